The lowest BCUT2D eigenvalue weighted by Crippen LogP contribution is -2.26. The van der Waals surface area contributed by atoms with E-state index in [4.69, 9.17) is 0 Å². The lowest BCUT2D eigenvalue weighted by Gasteiger charge is -2.30. The molecule has 9 heteroatoms. The molecule has 3 rings (SSSR count). The van der Waals surface area contributed by atoms with Crippen LogP contribution >= 0.6 is 0 Å². The first-order chi connectivity index (χ1) is 13.2. The molecule has 1 aliphatic rings. The Morgan fingerprint density at radius 2 is 2.00 bits per heavy atom. The van der Waals surface area contributed by atoms with Crippen molar-refractivity contribution in [1.29, 1.82) is 0 Å². The highest BCUT2D eigenvalue weighted by atomic mass is 19.4. The molecule has 0 fully saturated rings. The fraction of sp³-hybridized carbons (Fsp3) is 0.158. The zero-order valence-electron chi connectivity index (χ0n) is 14.6. The Bertz CT molecular complexity index is 983. The maximum absolute atomic E-state index is 13.6. The number of allylic oxidation sites excluding steroid dienone is 1. The number of hydrogen-bond donors (Lipinski definition) is 2. The van der Waals surface area contributed by atoms with Crippen LogP contribution in [0.5, 0.6) is 0 Å². The van der Waals surface area contributed by atoms with E-state index in [9.17, 15) is 27.5 Å². The standard InChI is InChI=1S/C19H15F4N3O2/c1-24-18(28)15-9-11(6-7-25-15)17-16(27)3-2-8-26(17)12-4-5-14(20)13(10-12)19(21,22)23/h2-7,9-10,27H,8H2,1H3,(H,24,28). The molecule has 0 atom stereocenters. The van der Waals surface area contributed by atoms with E-state index in [1.165, 1.54) is 42.4 Å². The summed E-state index contributed by atoms with van der Waals surface area (Å²) in [5.41, 5.74) is -0.745. The van der Waals surface area contributed by atoms with Gasteiger partial charge in [-0.15, -0.1) is 0 Å². The number of alkyl halides is 3. The van der Waals surface area contributed by atoms with Crippen LogP contribution in [0.2, 0.25) is 0 Å². The summed E-state index contributed by atoms with van der Waals surface area (Å²) in [7, 11) is 1.43. The quantitative estimate of drug-likeness (QED) is 0.777. The highest BCUT2D eigenvalue weighted by Crippen LogP contribution is 2.37. The minimum atomic E-state index is -4.86. The molecular weight excluding hydrogens is 378 g/mol. The van der Waals surface area contributed by atoms with Crippen LogP contribution in [0.3, 0.4) is 0 Å². The van der Waals surface area contributed by atoms with E-state index >= 15 is 0 Å². The summed E-state index contributed by atoms with van der Waals surface area (Å²) in [4.78, 5) is 17.2. The third kappa shape index (κ3) is 3.68. The van der Waals surface area contributed by atoms with Crippen molar-refractivity contribution >= 4 is 17.3 Å². The van der Waals surface area contributed by atoms with Crippen molar-refractivity contribution in [2.24, 2.45) is 0 Å². The largest absolute Gasteiger partial charge is 0.506 e. The molecule has 5 nitrogen and oxygen atoms in total. The zero-order valence-corrected chi connectivity index (χ0v) is 14.6. The van der Waals surface area contributed by atoms with Crippen LogP contribution in [0, 0.1) is 5.82 Å². The second-order valence-electron chi connectivity index (χ2n) is 5.92. The molecule has 2 aromatic rings. The molecule has 2 N–H and O–H groups in total. The Morgan fingerprint density at radius 3 is 2.68 bits per heavy atom. The third-order valence-electron chi connectivity index (χ3n) is 4.14. The van der Waals surface area contributed by atoms with Gasteiger partial charge in [0.05, 0.1) is 11.3 Å². The molecule has 28 heavy (non-hydrogen) atoms. The lowest BCUT2D eigenvalue weighted by atomic mass is 10.0. The number of amides is 1. The topological polar surface area (TPSA) is 65.5 Å². The normalized spacial score (nSPS) is 14.4. The van der Waals surface area contributed by atoms with Gasteiger partial charge in [0.25, 0.3) is 5.91 Å². The molecule has 0 saturated heterocycles. The lowest BCUT2D eigenvalue weighted by molar-refractivity contribution is -0.139. The average Bonchev–Trinajstić information content (AvgIpc) is 2.66. The van der Waals surface area contributed by atoms with Gasteiger partial charge in [0.15, 0.2) is 0 Å². The highest BCUT2D eigenvalue weighted by Gasteiger charge is 2.35. The van der Waals surface area contributed by atoms with E-state index < -0.39 is 23.5 Å². The number of aliphatic hydroxyl groups is 1. The molecule has 146 valence electrons. The minimum absolute atomic E-state index is 0.0398. The molecule has 0 saturated carbocycles. The number of carbonyl (C=O) groups is 1. The highest BCUT2D eigenvalue weighted by molar-refractivity contribution is 5.93. The molecule has 0 spiro atoms. The number of pyridine rings is 1. The smallest absolute Gasteiger partial charge is 0.419 e. The second-order valence-corrected chi connectivity index (χ2v) is 5.92. The molecule has 1 aromatic carbocycles. The molecule has 0 unspecified atom stereocenters. The van der Waals surface area contributed by atoms with E-state index in [2.05, 4.69) is 10.3 Å². The minimum Gasteiger partial charge on any atom is -0.506 e. The van der Waals surface area contributed by atoms with Gasteiger partial charge in [-0.1, -0.05) is 6.08 Å². The Hall–Kier alpha value is -3.36. The fourth-order valence-electron chi connectivity index (χ4n) is 2.84. The number of anilines is 1. The van der Waals surface area contributed by atoms with Crippen LogP contribution in [0.25, 0.3) is 5.70 Å². The van der Waals surface area contributed by atoms with Crippen molar-refractivity contribution in [2.45, 2.75) is 6.18 Å². The molecule has 0 aliphatic carbocycles. The Labute approximate surface area is 157 Å². The predicted molar refractivity (Wildman–Crippen MR) is 95.1 cm³/mol. The SMILES string of the molecule is CNC(=O)c1cc(C2=C(O)C=CCN2c2ccc(F)c(C(F)(F)F)c2)ccn1. The summed E-state index contributed by atoms with van der Waals surface area (Å²) in [6.45, 7) is 0.139. The first-order valence-corrected chi connectivity index (χ1v) is 8.15. The first kappa shape index (κ1) is 19.4. The van der Waals surface area contributed by atoms with Gasteiger partial charge in [-0.25, -0.2) is 4.39 Å². The third-order valence-corrected chi connectivity index (χ3v) is 4.14. The number of benzene rings is 1. The summed E-state index contributed by atoms with van der Waals surface area (Å²) >= 11 is 0. The van der Waals surface area contributed by atoms with E-state index in [-0.39, 0.29) is 29.4 Å². The number of nitrogens with one attached hydrogen (secondary N) is 1. The van der Waals surface area contributed by atoms with Crippen LogP contribution in [0.1, 0.15) is 21.6 Å². The Kier molecular flexibility index (Phi) is 5.08. The van der Waals surface area contributed by atoms with E-state index in [1.54, 1.807) is 6.08 Å². The van der Waals surface area contributed by atoms with Gasteiger partial charge in [-0.05, 0) is 36.4 Å². The van der Waals surface area contributed by atoms with Gasteiger partial charge < -0.3 is 15.3 Å². The van der Waals surface area contributed by atoms with Crippen molar-refractivity contribution in [2.75, 3.05) is 18.5 Å². The van der Waals surface area contributed by atoms with Gasteiger partial charge in [0.1, 0.15) is 17.3 Å². The molecule has 2 heterocycles. The first-order valence-electron chi connectivity index (χ1n) is 8.15. The van der Waals surface area contributed by atoms with Gasteiger partial charge in [-0.3, -0.25) is 9.78 Å². The van der Waals surface area contributed by atoms with Crippen molar-refractivity contribution in [3.8, 4) is 0 Å². The monoisotopic (exact) mass is 393 g/mol. The number of hydrogen-bond acceptors (Lipinski definition) is 4. The Morgan fingerprint density at radius 1 is 1.25 bits per heavy atom. The van der Waals surface area contributed by atoms with Crippen molar-refractivity contribution < 1.29 is 27.5 Å². The maximum Gasteiger partial charge on any atom is 0.419 e. The number of rotatable bonds is 3. The molecular formula is C19H15F4N3O2. The number of nitrogens with zero attached hydrogens (tertiary/aromatic N) is 2. The van der Waals surface area contributed by atoms with E-state index in [1.807, 2.05) is 0 Å². The van der Waals surface area contributed by atoms with Crippen molar-refractivity contribution in [3.05, 3.63) is 77.1 Å². The summed E-state index contributed by atoms with van der Waals surface area (Å²) in [6.07, 6.45) is -0.556. The molecule has 0 radical (unpaired) electrons. The summed E-state index contributed by atoms with van der Waals surface area (Å²) in [6, 6.07) is 5.53. The molecule has 1 amide bonds. The maximum atomic E-state index is 13.6. The Balaban J connectivity index is 2.11. The molecule has 0 bridgehead atoms. The predicted octanol–water partition coefficient (Wildman–Crippen LogP) is 3.90. The van der Waals surface area contributed by atoms with Crippen molar-refractivity contribution in [3.63, 3.8) is 0 Å². The summed E-state index contributed by atoms with van der Waals surface area (Å²) in [5.74, 6) is -2.05. The number of aromatic nitrogens is 1. The van der Waals surface area contributed by atoms with Gasteiger partial charge in [0.2, 0.25) is 0 Å². The molecule has 1 aromatic heterocycles. The second kappa shape index (κ2) is 7.34. The summed E-state index contributed by atoms with van der Waals surface area (Å²) in [5, 5.41) is 12.8. The molecule has 1 aliphatic heterocycles. The van der Waals surface area contributed by atoms with Crippen LogP contribution < -0.4 is 10.2 Å². The summed E-state index contributed by atoms with van der Waals surface area (Å²) < 4.78 is 52.9. The van der Waals surface area contributed by atoms with Crippen LogP contribution in [0.15, 0.2) is 54.4 Å². The number of carbonyl (C=O) groups excluding carboxylic acids is 1. The van der Waals surface area contributed by atoms with Gasteiger partial charge >= 0.3 is 6.18 Å². The number of aliphatic hydroxyl groups excluding tert-OH is 1. The van der Waals surface area contributed by atoms with Crippen LogP contribution in [-0.4, -0.2) is 29.6 Å². The van der Waals surface area contributed by atoms with Gasteiger partial charge in [-0.2, -0.15) is 13.2 Å². The van der Waals surface area contributed by atoms with Crippen LogP contribution in [0.4, 0.5) is 23.2 Å². The van der Waals surface area contributed by atoms with E-state index in [0.717, 1.165) is 6.07 Å². The van der Waals surface area contributed by atoms with Crippen LogP contribution in [-0.2, 0) is 6.18 Å². The van der Waals surface area contributed by atoms with Crippen molar-refractivity contribution in [1.82, 2.24) is 10.3 Å². The van der Waals surface area contributed by atoms with Gasteiger partial charge in [0, 0.05) is 31.0 Å². The number of halogens is 4. The van der Waals surface area contributed by atoms with E-state index in [0.29, 0.717) is 11.6 Å². The average molecular weight is 393 g/mol. The fourth-order valence-corrected chi connectivity index (χ4v) is 2.84. The zero-order chi connectivity index (χ0) is 20.5.